The van der Waals surface area contributed by atoms with Gasteiger partial charge in [0.15, 0.2) is 6.10 Å². The molecule has 1 aliphatic rings. The highest BCUT2D eigenvalue weighted by Gasteiger charge is 2.43. The molecule has 5 atom stereocenters. The van der Waals surface area contributed by atoms with Gasteiger partial charge in [-0.3, -0.25) is 14.4 Å². The van der Waals surface area contributed by atoms with Gasteiger partial charge in [0.1, 0.15) is 18.1 Å². The molecule has 1 amide bonds. The fraction of sp³-hybridized carbons (Fsp3) is 0.667. The van der Waals surface area contributed by atoms with Gasteiger partial charge >= 0.3 is 5.97 Å². The van der Waals surface area contributed by atoms with Crippen molar-refractivity contribution in [1.82, 2.24) is 0 Å². The fourth-order valence-corrected chi connectivity index (χ4v) is 4.62. The van der Waals surface area contributed by atoms with Gasteiger partial charge in [0.25, 0.3) is 0 Å². The number of ether oxygens (including phenoxy) is 7. The molecule has 0 bridgehead atoms. The molecule has 2 rings (SSSR count). The van der Waals surface area contributed by atoms with Crippen molar-refractivity contribution in [3.8, 4) is 18.1 Å². The molecule has 1 saturated heterocycles. The first-order chi connectivity index (χ1) is 21.7. The third kappa shape index (κ3) is 14.7. The number of esters is 1. The summed E-state index contributed by atoms with van der Waals surface area (Å²) in [7, 11) is 0. The zero-order chi connectivity index (χ0) is 33.0. The van der Waals surface area contributed by atoms with Gasteiger partial charge in [-0.05, 0) is 37.5 Å². The molecule has 12 heteroatoms. The highest BCUT2D eigenvalue weighted by atomic mass is 16.7. The highest BCUT2D eigenvalue weighted by Crippen LogP contribution is 2.35. The predicted octanol–water partition coefficient (Wildman–Crippen LogP) is 3.27. The van der Waals surface area contributed by atoms with E-state index in [1.54, 1.807) is 18.2 Å². The van der Waals surface area contributed by atoms with Crippen LogP contribution in [0.1, 0.15) is 58.9 Å². The maximum Gasteiger partial charge on any atom is 0.303 e. The quantitative estimate of drug-likeness (QED) is 0.110. The fourth-order valence-electron chi connectivity index (χ4n) is 4.62. The molecule has 2 N–H and O–H groups in total. The summed E-state index contributed by atoms with van der Waals surface area (Å²) in [5.41, 5.74) is 0.880. The lowest BCUT2D eigenvalue weighted by Crippen LogP contribution is -2.52. The summed E-state index contributed by atoms with van der Waals surface area (Å²) >= 11 is 0. The van der Waals surface area contributed by atoms with Crippen LogP contribution in [0.4, 0.5) is 5.69 Å². The molecule has 1 fully saturated rings. The van der Waals surface area contributed by atoms with Crippen molar-refractivity contribution in [3.63, 3.8) is 0 Å². The third-order valence-electron chi connectivity index (χ3n) is 7.44. The first kappa shape index (κ1) is 38.1. The van der Waals surface area contributed by atoms with Crippen LogP contribution in [0.5, 0.6) is 5.75 Å². The number of aliphatic hydroxyl groups excluding tert-OH is 1. The van der Waals surface area contributed by atoms with E-state index in [1.807, 2.05) is 20.8 Å². The summed E-state index contributed by atoms with van der Waals surface area (Å²) in [6, 6.07) is 4.85. The Morgan fingerprint density at radius 1 is 0.911 bits per heavy atom. The average Bonchev–Trinajstić information content (AvgIpc) is 3.01. The second kappa shape index (κ2) is 21.6. The van der Waals surface area contributed by atoms with Crippen LogP contribution in [0.2, 0.25) is 0 Å². The average molecular weight is 636 g/mol. The van der Waals surface area contributed by atoms with Crippen LogP contribution in [0.3, 0.4) is 0 Å². The minimum absolute atomic E-state index is 0.0122. The Morgan fingerprint density at radius 2 is 1.56 bits per heavy atom. The topological polar surface area (TPSA) is 148 Å². The molecule has 1 aromatic rings. The molecule has 0 aromatic heterocycles. The van der Waals surface area contributed by atoms with Crippen molar-refractivity contribution >= 4 is 23.3 Å². The molecule has 0 aliphatic carbocycles. The van der Waals surface area contributed by atoms with E-state index in [9.17, 15) is 19.5 Å². The summed E-state index contributed by atoms with van der Waals surface area (Å²) in [4.78, 5) is 36.4. The van der Waals surface area contributed by atoms with Crippen LogP contribution < -0.4 is 10.1 Å². The predicted molar refractivity (Wildman–Crippen MR) is 165 cm³/mol. The number of carbonyl (C=O) groups excluding carboxylic acids is 3. The zero-order valence-corrected chi connectivity index (χ0v) is 26.9. The molecule has 1 aromatic carbocycles. The van der Waals surface area contributed by atoms with Gasteiger partial charge in [-0.25, -0.2) is 0 Å². The van der Waals surface area contributed by atoms with E-state index in [0.29, 0.717) is 76.1 Å². The number of hydrogen-bond donors (Lipinski definition) is 2. The Labute approximate surface area is 266 Å². The molecular formula is C33H49NO11. The van der Waals surface area contributed by atoms with Crippen LogP contribution in [0.25, 0.3) is 0 Å². The van der Waals surface area contributed by atoms with Crippen molar-refractivity contribution in [3.05, 3.63) is 23.8 Å². The van der Waals surface area contributed by atoms with Crippen LogP contribution in [0.15, 0.2) is 18.2 Å². The molecule has 12 nitrogen and oxygen atoms in total. The number of hydrogen-bond acceptors (Lipinski definition) is 11. The largest absolute Gasteiger partial charge is 0.460 e. The summed E-state index contributed by atoms with van der Waals surface area (Å²) < 4.78 is 38.9. The molecule has 1 aliphatic heterocycles. The van der Waals surface area contributed by atoms with Gasteiger partial charge in [0, 0.05) is 50.0 Å². The highest BCUT2D eigenvalue weighted by molar-refractivity contribution is 5.93. The van der Waals surface area contributed by atoms with E-state index in [0.717, 1.165) is 0 Å². The van der Waals surface area contributed by atoms with E-state index >= 15 is 0 Å². The first-order valence-electron chi connectivity index (χ1n) is 15.4. The minimum atomic E-state index is -0.855. The van der Waals surface area contributed by atoms with Crippen LogP contribution in [-0.4, -0.2) is 94.1 Å². The summed E-state index contributed by atoms with van der Waals surface area (Å²) in [6.45, 7) is 10.3. The van der Waals surface area contributed by atoms with Crippen LogP contribution in [-0.2, 0) is 49.4 Å². The SMILES string of the molecule is C#CCOCCOCCOCCOCCCC(=O)CCC(=O)Nc1ccc(O[C@@H]2OC(C)[C@@H](C)[C@H](C)C2OC(C)=O)c(CO)c1. The maximum absolute atomic E-state index is 12.5. The van der Waals surface area contributed by atoms with E-state index in [4.69, 9.17) is 39.6 Å². The number of ketones is 1. The van der Waals surface area contributed by atoms with Gasteiger partial charge in [-0.2, -0.15) is 0 Å². The number of rotatable bonds is 22. The Balaban J connectivity index is 1.66. The molecule has 0 saturated carbocycles. The minimum Gasteiger partial charge on any atom is -0.460 e. The molecule has 0 radical (unpaired) electrons. The standard InChI is InChI=1S/C33H49NO11/c1-6-13-39-15-17-41-19-20-42-18-16-40-14-7-8-29(37)10-12-31(38)34-28-9-11-30(27(21-28)22-35)45-33-32(44-26(5)36)24(3)23(2)25(4)43-33/h1,9,11,21,23-25,32-33,35H,7-8,10,12-20,22H2,2-5H3,(H,34,38)/t23-,24-,25?,32?,33-/m0/s1. The second-order valence-corrected chi connectivity index (χ2v) is 10.9. The van der Waals surface area contributed by atoms with Gasteiger partial charge < -0.3 is 43.6 Å². The Bertz CT molecular complexity index is 1090. The van der Waals surface area contributed by atoms with Crippen molar-refractivity contribution < 1.29 is 52.6 Å². The Hall–Kier alpha value is -3.05. The van der Waals surface area contributed by atoms with E-state index in [2.05, 4.69) is 11.2 Å². The first-order valence-corrected chi connectivity index (χ1v) is 15.4. The van der Waals surface area contributed by atoms with Gasteiger partial charge in [0.05, 0.1) is 52.4 Å². The lowest BCUT2D eigenvalue weighted by atomic mass is 9.84. The van der Waals surface area contributed by atoms with Crippen LogP contribution >= 0.6 is 0 Å². The van der Waals surface area contributed by atoms with Crippen molar-refractivity contribution in [2.45, 2.75) is 78.5 Å². The summed E-state index contributed by atoms with van der Waals surface area (Å²) in [5.74, 6) is 2.08. The van der Waals surface area contributed by atoms with E-state index in [1.165, 1.54) is 6.92 Å². The number of anilines is 1. The number of carbonyl (C=O) groups is 3. The smallest absolute Gasteiger partial charge is 0.303 e. The van der Waals surface area contributed by atoms with Gasteiger partial charge in [0.2, 0.25) is 12.2 Å². The van der Waals surface area contributed by atoms with E-state index in [-0.39, 0.29) is 55.7 Å². The van der Waals surface area contributed by atoms with Crippen LogP contribution in [0, 0.1) is 24.2 Å². The zero-order valence-electron chi connectivity index (χ0n) is 26.9. The molecule has 45 heavy (non-hydrogen) atoms. The molecular weight excluding hydrogens is 586 g/mol. The Morgan fingerprint density at radius 3 is 2.18 bits per heavy atom. The van der Waals surface area contributed by atoms with Crippen molar-refractivity contribution in [2.24, 2.45) is 11.8 Å². The summed E-state index contributed by atoms with van der Waals surface area (Å²) in [5, 5.41) is 12.7. The number of amides is 1. The maximum atomic E-state index is 12.5. The van der Waals surface area contributed by atoms with Gasteiger partial charge in [-0.1, -0.05) is 19.8 Å². The van der Waals surface area contributed by atoms with Crippen molar-refractivity contribution in [2.75, 3.05) is 58.2 Å². The Kier molecular flexibility index (Phi) is 18.3. The molecule has 252 valence electrons. The second-order valence-electron chi connectivity index (χ2n) is 10.9. The normalized spacial score (nSPS) is 21.1. The number of terminal acetylenes is 1. The number of aliphatic hydroxyl groups is 1. The molecule has 1 heterocycles. The van der Waals surface area contributed by atoms with E-state index < -0.39 is 18.4 Å². The lowest BCUT2D eigenvalue weighted by Gasteiger charge is -2.42. The van der Waals surface area contributed by atoms with Crippen molar-refractivity contribution in [1.29, 1.82) is 0 Å². The third-order valence-corrected chi connectivity index (χ3v) is 7.44. The molecule has 0 spiro atoms. The number of nitrogens with one attached hydrogen (secondary N) is 1. The van der Waals surface area contributed by atoms with Gasteiger partial charge in [-0.15, -0.1) is 6.42 Å². The molecule has 2 unspecified atom stereocenters. The number of Topliss-reactive ketones (excluding diaryl/α,β-unsaturated/α-hetero) is 1. The summed E-state index contributed by atoms with van der Waals surface area (Å²) in [6.07, 6.45) is 4.50. The lowest BCUT2D eigenvalue weighted by molar-refractivity contribution is -0.243. The number of benzene rings is 1. The monoisotopic (exact) mass is 635 g/mol.